The average Bonchev–Trinajstić information content (AvgIpc) is 2.93. The SMILES string of the molecule is Cc1c(Cl)c(O)c(C(=O)NC2=NC3C=CC=CC3N2)c(=O)n1C. The van der Waals surface area contributed by atoms with E-state index in [-0.39, 0.29) is 23.1 Å². The number of hydrogen-bond donors (Lipinski definition) is 3. The molecular weight excluding hydrogens is 320 g/mol. The average molecular weight is 335 g/mol. The van der Waals surface area contributed by atoms with Gasteiger partial charge in [0.2, 0.25) is 0 Å². The number of amides is 1. The highest BCUT2D eigenvalue weighted by molar-refractivity contribution is 6.33. The van der Waals surface area contributed by atoms with Crippen LogP contribution >= 0.6 is 11.6 Å². The largest absolute Gasteiger partial charge is 0.505 e. The summed E-state index contributed by atoms with van der Waals surface area (Å²) >= 11 is 5.97. The van der Waals surface area contributed by atoms with Gasteiger partial charge in [-0.25, -0.2) is 4.99 Å². The molecule has 23 heavy (non-hydrogen) atoms. The molecule has 0 fully saturated rings. The Morgan fingerprint density at radius 2 is 2.13 bits per heavy atom. The Bertz CT molecular complexity index is 838. The fourth-order valence-corrected chi connectivity index (χ4v) is 2.71. The number of nitrogens with one attached hydrogen (secondary N) is 2. The van der Waals surface area contributed by atoms with Crippen molar-refractivity contribution in [3.05, 3.63) is 50.9 Å². The second-order valence-electron chi connectivity index (χ2n) is 5.35. The number of aliphatic imine (C=N–C) groups is 1. The first-order chi connectivity index (χ1) is 10.9. The zero-order chi connectivity index (χ0) is 16.7. The number of carbonyl (C=O) groups is 1. The van der Waals surface area contributed by atoms with Crippen LogP contribution in [0.2, 0.25) is 5.02 Å². The molecule has 0 aromatic carbocycles. The number of fused-ring (bicyclic) bond motifs is 1. The number of aromatic hydroxyl groups is 1. The number of halogens is 1. The molecule has 0 saturated carbocycles. The van der Waals surface area contributed by atoms with Crippen molar-refractivity contribution >= 4 is 23.5 Å². The highest BCUT2D eigenvalue weighted by Gasteiger charge is 2.29. The zero-order valence-electron chi connectivity index (χ0n) is 12.5. The highest BCUT2D eigenvalue weighted by Crippen LogP contribution is 2.27. The van der Waals surface area contributed by atoms with Gasteiger partial charge in [0.15, 0.2) is 11.7 Å². The molecule has 1 aliphatic heterocycles. The van der Waals surface area contributed by atoms with E-state index in [4.69, 9.17) is 11.6 Å². The second-order valence-corrected chi connectivity index (χ2v) is 5.73. The molecule has 3 N–H and O–H groups in total. The zero-order valence-corrected chi connectivity index (χ0v) is 13.3. The molecule has 0 radical (unpaired) electrons. The quantitative estimate of drug-likeness (QED) is 0.701. The molecule has 120 valence electrons. The van der Waals surface area contributed by atoms with Crippen molar-refractivity contribution < 1.29 is 9.90 Å². The summed E-state index contributed by atoms with van der Waals surface area (Å²) in [6, 6.07) is -0.137. The van der Waals surface area contributed by atoms with Gasteiger partial charge in [-0.15, -0.1) is 0 Å². The van der Waals surface area contributed by atoms with Crippen LogP contribution in [-0.2, 0) is 7.05 Å². The lowest BCUT2D eigenvalue weighted by atomic mass is 10.1. The molecule has 2 heterocycles. The van der Waals surface area contributed by atoms with E-state index in [1.807, 2.05) is 24.3 Å². The Balaban J connectivity index is 1.90. The molecule has 0 bridgehead atoms. The minimum Gasteiger partial charge on any atom is -0.505 e. The van der Waals surface area contributed by atoms with Crippen molar-refractivity contribution in [2.45, 2.75) is 19.0 Å². The number of nitrogens with zero attached hydrogens (tertiary/aromatic N) is 2. The number of allylic oxidation sites excluding steroid dienone is 2. The van der Waals surface area contributed by atoms with Crippen LogP contribution in [0.15, 0.2) is 34.1 Å². The van der Waals surface area contributed by atoms with Crippen molar-refractivity contribution in [2.75, 3.05) is 0 Å². The van der Waals surface area contributed by atoms with Gasteiger partial charge in [-0.05, 0) is 6.92 Å². The highest BCUT2D eigenvalue weighted by atomic mass is 35.5. The lowest BCUT2D eigenvalue weighted by Gasteiger charge is -2.14. The normalized spacial score (nSPS) is 21.6. The summed E-state index contributed by atoms with van der Waals surface area (Å²) in [5.74, 6) is -1.04. The first-order valence-corrected chi connectivity index (χ1v) is 7.36. The first-order valence-electron chi connectivity index (χ1n) is 6.99. The van der Waals surface area contributed by atoms with Crippen molar-refractivity contribution in [3.63, 3.8) is 0 Å². The van der Waals surface area contributed by atoms with Crippen LogP contribution in [0.4, 0.5) is 0 Å². The van der Waals surface area contributed by atoms with Crippen molar-refractivity contribution in [2.24, 2.45) is 12.0 Å². The predicted molar refractivity (Wildman–Crippen MR) is 87.0 cm³/mol. The topological polar surface area (TPSA) is 95.7 Å². The molecule has 3 rings (SSSR count). The molecular formula is C15H15ClN4O3. The van der Waals surface area contributed by atoms with E-state index in [1.165, 1.54) is 11.6 Å². The summed E-state index contributed by atoms with van der Waals surface area (Å²) in [5, 5.41) is 15.6. The molecule has 0 spiro atoms. The van der Waals surface area contributed by atoms with Crippen LogP contribution in [-0.4, -0.2) is 33.6 Å². The molecule has 0 saturated heterocycles. The standard InChI is InChI=1S/C15H15ClN4O3/c1-7-11(16)12(21)10(14(23)20(7)2)13(22)19-15-17-8-5-3-4-6-9(8)18-15/h3-6,8-9,21H,1-2H3,(H2,17,18,19,22). The predicted octanol–water partition coefficient (Wildman–Crippen LogP) is 0.605. The Morgan fingerprint density at radius 1 is 1.43 bits per heavy atom. The monoisotopic (exact) mass is 334 g/mol. The van der Waals surface area contributed by atoms with Gasteiger partial charge < -0.3 is 15.0 Å². The Labute approximate surface area is 137 Å². The molecule has 1 aromatic heterocycles. The van der Waals surface area contributed by atoms with Crippen molar-refractivity contribution in [1.82, 2.24) is 15.2 Å². The van der Waals surface area contributed by atoms with E-state index in [2.05, 4.69) is 15.6 Å². The number of pyridine rings is 1. The van der Waals surface area contributed by atoms with Gasteiger partial charge in [-0.1, -0.05) is 35.9 Å². The van der Waals surface area contributed by atoms with E-state index in [0.29, 0.717) is 5.69 Å². The summed E-state index contributed by atoms with van der Waals surface area (Å²) in [4.78, 5) is 28.9. The minimum absolute atomic E-state index is 0.0295. The Kier molecular flexibility index (Phi) is 3.73. The van der Waals surface area contributed by atoms with Gasteiger partial charge in [0.05, 0.1) is 12.1 Å². The van der Waals surface area contributed by atoms with Crippen molar-refractivity contribution in [1.29, 1.82) is 0 Å². The summed E-state index contributed by atoms with van der Waals surface area (Å²) < 4.78 is 1.21. The molecule has 1 amide bonds. The van der Waals surface area contributed by atoms with Crippen LogP contribution in [0, 0.1) is 6.92 Å². The summed E-state index contributed by atoms with van der Waals surface area (Å²) in [7, 11) is 1.48. The lowest BCUT2D eigenvalue weighted by molar-refractivity contribution is 0.0971. The number of hydrogen-bond acceptors (Lipinski definition) is 5. The molecule has 2 atom stereocenters. The van der Waals surface area contributed by atoms with Gasteiger partial charge in [0.25, 0.3) is 11.5 Å². The third-order valence-electron chi connectivity index (χ3n) is 3.93. The van der Waals surface area contributed by atoms with Crippen LogP contribution < -0.4 is 16.2 Å². The number of guanidine groups is 1. The number of rotatable bonds is 1. The summed E-state index contributed by atoms with van der Waals surface area (Å²) in [5.41, 5.74) is -0.658. The van der Waals surface area contributed by atoms with Gasteiger partial charge in [0.1, 0.15) is 10.6 Å². The minimum atomic E-state index is -0.761. The lowest BCUT2D eigenvalue weighted by Crippen LogP contribution is -2.44. The van der Waals surface area contributed by atoms with E-state index in [0.717, 1.165) is 0 Å². The van der Waals surface area contributed by atoms with Gasteiger partial charge >= 0.3 is 0 Å². The van der Waals surface area contributed by atoms with E-state index in [9.17, 15) is 14.7 Å². The Hall–Kier alpha value is -2.54. The van der Waals surface area contributed by atoms with E-state index >= 15 is 0 Å². The second kappa shape index (κ2) is 5.58. The molecule has 8 heteroatoms. The molecule has 1 aliphatic carbocycles. The number of carbonyl (C=O) groups excluding carboxylic acids is 1. The van der Waals surface area contributed by atoms with Gasteiger partial charge in [-0.2, -0.15) is 0 Å². The summed E-state index contributed by atoms with van der Waals surface area (Å²) in [6.07, 6.45) is 7.58. The van der Waals surface area contributed by atoms with Crippen LogP contribution in [0.5, 0.6) is 5.75 Å². The summed E-state index contributed by atoms with van der Waals surface area (Å²) in [6.45, 7) is 1.58. The maximum Gasteiger partial charge on any atom is 0.267 e. The van der Waals surface area contributed by atoms with Gasteiger partial charge in [0, 0.05) is 12.7 Å². The van der Waals surface area contributed by atoms with Crippen LogP contribution in [0.25, 0.3) is 0 Å². The number of aromatic nitrogens is 1. The molecule has 7 nitrogen and oxygen atoms in total. The molecule has 1 aromatic rings. The first kappa shape index (κ1) is 15.4. The van der Waals surface area contributed by atoms with E-state index < -0.39 is 22.8 Å². The smallest absolute Gasteiger partial charge is 0.267 e. The van der Waals surface area contributed by atoms with Crippen LogP contribution in [0.1, 0.15) is 16.1 Å². The fourth-order valence-electron chi connectivity index (χ4n) is 2.49. The Morgan fingerprint density at radius 3 is 2.83 bits per heavy atom. The molecule has 2 unspecified atom stereocenters. The van der Waals surface area contributed by atoms with E-state index in [1.54, 1.807) is 6.92 Å². The maximum atomic E-state index is 12.4. The molecule has 2 aliphatic rings. The van der Waals surface area contributed by atoms with Gasteiger partial charge in [-0.3, -0.25) is 14.9 Å². The van der Waals surface area contributed by atoms with Crippen LogP contribution in [0.3, 0.4) is 0 Å². The van der Waals surface area contributed by atoms with Crippen molar-refractivity contribution in [3.8, 4) is 5.75 Å². The fraction of sp³-hybridized carbons (Fsp3) is 0.267. The third-order valence-corrected chi connectivity index (χ3v) is 4.38. The third kappa shape index (κ3) is 2.53. The maximum absolute atomic E-state index is 12.4.